The van der Waals surface area contributed by atoms with Crippen molar-refractivity contribution in [2.75, 3.05) is 7.05 Å². The number of aryl methyl sites for hydroxylation is 1. The largest absolute Gasteiger partial charge is 0.340 e. The molecular weight excluding hydrogens is 214 g/mol. The summed E-state index contributed by atoms with van der Waals surface area (Å²) in [6, 6.07) is 0. The molecule has 0 aliphatic carbocycles. The molecule has 1 aromatic rings. The molecule has 0 saturated heterocycles. The van der Waals surface area contributed by atoms with Gasteiger partial charge in [0.05, 0.1) is 23.5 Å². The van der Waals surface area contributed by atoms with E-state index >= 15 is 0 Å². The first-order valence-corrected chi connectivity index (χ1v) is 5.34. The third-order valence-corrected chi connectivity index (χ3v) is 2.60. The first kappa shape index (κ1) is 12.0. The van der Waals surface area contributed by atoms with Crippen molar-refractivity contribution < 1.29 is 4.79 Å². The lowest BCUT2D eigenvalue weighted by molar-refractivity contribution is -0.130. The van der Waals surface area contributed by atoms with Crippen LogP contribution < -0.4 is 0 Å². The first-order valence-electron chi connectivity index (χ1n) is 4.96. The molecule has 0 aromatic carbocycles. The molecule has 1 rings (SSSR count). The fourth-order valence-corrected chi connectivity index (χ4v) is 1.56. The van der Waals surface area contributed by atoms with Gasteiger partial charge in [-0.2, -0.15) is 5.10 Å². The number of aromatic nitrogens is 2. The standard InChI is InChI=1S/C10H16ClN3O/c1-4-5-10(15)13(2)7-9-8(11)6-12-14(9)3/h6H,4-5,7H2,1-3H3. The lowest BCUT2D eigenvalue weighted by atomic mass is 10.3. The molecule has 0 fully saturated rings. The minimum atomic E-state index is 0.134. The first-order chi connectivity index (χ1) is 7.06. The Morgan fingerprint density at radius 1 is 1.67 bits per heavy atom. The summed E-state index contributed by atoms with van der Waals surface area (Å²) in [7, 11) is 3.60. The number of halogens is 1. The van der Waals surface area contributed by atoms with Gasteiger partial charge in [-0.3, -0.25) is 9.48 Å². The van der Waals surface area contributed by atoms with Gasteiger partial charge in [-0.15, -0.1) is 0 Å². The van der Waals surface area contributed by atoms with E-state index in [-0.39, 0.29) is 5.91 Å². The van der Waals surface area contributed by atoms with Gasteiger partial charge in [0.25, 0.3) is 0 Å². The second-order valence-corrected chi connectivity index (χ2v) is 3.97. The van der Waals surface area contributed by atoms with Crippen molar-refractivity contribution in [3.8, 4) is 0 Å². The second kappa shape index (κ2) is 5.16. The zero-order valence-electron chi connectivity index (χ0n) is 9.33. The highest BCUT2D eigenvalue weighted by Gasteiger charge is 2.12. The van der Waals surface area contributed by atoms with Gasteiger partial charge in [0.1, 0.15) is 0 Å². The monoisotopic (exact) mass is 229 g/mol. The SMILES string of the molecule is CCCC(=O)N(C)Cc1c(Cl)cnn1C. The highest BCUT2D eigenvalue weighted by molar-refractivity contribution is 6.31. The molecule has 1 heterocycles. The molecule has 15 heavy (non-hydrogen) atoms. The Morgan fingerprint density at radius 3 is 2.80 bits per heavy atom. The van der Waals surface area contributed by atoms with E-state index in [1.54, 1.807) is 22.8 Å². The molecular formula is C10H16ClN3O. The quantitative estimate of drug-likeness (QED) is 0.790. The number of carbonyl (C=O) groups is 1. The average Bonchev–Trinajstić information content (AvgIpc) is 2.49. The molecule has 5 heteroatoms. The summed E-state index contributed by atoms with van der Waals surface area (Å²) in [5.74, 6) is 0.134. The highest BCUT2D eigenvalue weighted by Crippen LogP contribution is 2.15. The van der Waals surface area contributed by atoms with Crippen LogP contribution in [-0.2, 0) is 18.4 Å². The van der Waals surface area contributed by atoms with E-state index in [0.29, 0.717) is 18.0 Å². The Bertz CT molecular complexity index is 329. The second-order valence-electron chi connectivity index (χ2n) is 3.56. The van der Waals surface area contributed by atoms with Crippen LogP contribution in [0.1, 0.15) is 25.5 Å². The molecule has 1 amide bonds. The smallest absolute Gasteiger partial charge is 0.222 e. The molecule has 0 bridgehead atoms. The molecule has 0 radical (unpaired) electrons. The summed E-state index contributed by atoms with van der Waals surface area (Å²) >= 11 is 5.95. The summed E-state index contributed by atoms with van der Waals surface area (Å²) in [4.78, 5) is 13.2. The zero-order valence-corrected chi connectivity index (χ0v) is 10.1. The number of carbonyl (C=O) groups excluding carboxylic acids is 1. The predicted molar refractivity (Wildman–Crippen MR) is 59.6 cm³/mol. The Morgan fingerprint density at radius 2 is 2.33 bits per heavy atom. The van der Waals surface area contributed by atoms with Crippen molar-refractivity contribution in [2.24, 2.45) is 7.05 Å². The van der Waals surface area contributed by atoms with Crippen LogP contribution in [-0.4, -0.2) is 27.6 Å². The van der Waals surface area contributed by atoms with Crippen molar-refractivity contribution in [3.05, 3.63) is 16.9 Å². The summed E-state index contributed by atoms with van der Waals surface area (Å²) in [5.41, 5.74) is 0.864. The van der Waals surface area contributed by atoms with Gasteiger partial charge in [-0.25, -0.2) is 0 Å². The van der Waals surface area contributed by atoms with Crippen molar-refractivity contribution in [1.29, 1.82) is 0 Å². The fourth-order valence-electron chi connectivity index (χ4n) is 1.33. The average molecular weight is 230 g/mol. The van der Waals surface area contributed by atoms with E-state index in [1.165, 1.54) is 0 Å². The van der Waals surface area contributed by atoms with Crippen LogP contribution in [0.5, 0.6) is 0 Å². The van der Waals surface area contributed by atoms with Crippen LogP contribution in [0.25, 0.3) is 0 Å². The number of amides is 1. The van der Waals surface area contributed by atoms with Gasteiger partial charge in [0.2, 0.25) is 5.91 Å². The molecule has 0 unspecified atom stereocenters. The Kier molecular flexibility index (Phi) is 4.15. The van der Waals surface area contributed by atoms with Crippen molar-refractivity contribution >= 4 is 17.5 Å². The number of hydrogen-bond acceptors (Lipinski definition) is 2. The maximum Gasteiger partial charge on any atom is 0.222 e. The van der Waals surface area contributed by atoms with Gasteiger partial charge in [0, 0.05) is 20.5 Å². The van der Waals surface area contributed by atoms with Gasteiger partial charge in [-0.1, -0.05) is 18.5 Å². The normalized spacial score (nSPS) is 10.4. The van der Waals surface area contributed by atoms with E-state index in [2.05, 4.69) is 5.10 Å². The summed E-state index contributed by atoms with van der Waals surface area (Å²) in [6.45, 7) is 2.50. The third kappa shape index (κ3) is 2.96. The maximum atomic E-state index is 11.5. The van der Waals surface area contributed by atoms with Crippen LogP contribution in [0.2, 0.25) is 5.02 Å². The summed E-state index contributed by atoms with van der Waals surface area (Å²) < 4.78 is 1.69. The van der Waals surface area contributed by atoms with Crippen LogP contribution in [0.15, 0.2) is 6.20 Å². The Hall–Kier alpha value is -1.03. The Labute approximate surface area is 94.8 Å². The van der Waals surface area contributed by atoms with E-state index < -0.39 is 0 Å². The minimum Gasteiger partial charge on any atom is -0.340 e. The van der Waals surface area contributed by atoms with Crippen LogP contribution in [0.3, 0.4) is 0 Å². The van der Waals surface area contributed by atoms with Crippen molar-refractivity contribution in [3.63, 3.8) is 0 Å². The van der Waals surface area contributed by atoms with Crippen LogP contribution in [0.4, 0.5) is 0 Å². The molecule has 0 spiro atoms. The van der Waals surface area contributed by atoms with E-state index in [1.807, 2.05) is 14.0 Å². The van der Waals surface area contributed by atoms with Crippen molar-refractivity contribution in [1.82, 2.24) is 14.7 Å². The molecule has 4 nitrogen and oxygen atoms in total. The lowest BCUT2D eigenvalue weighted by Gasteiger charge is -2.17. The fraction of sp³-hybridized carbons (Fsp3) is 0.600. The van der Waals surface area contributed by atoms with E-state index in [9.17, 15) is 4.79 Å². The van der Waals surface area contributed by atoms with Gasteiger partial charge in [0.15, 0.2) is 0 Å². The number of nitrogens with zero attached hydrogens (tertiary/aromatic N) is 3. The zero-order chi connectivity index (χ0) is 11.4. The highest BCUT2D eigenvalue weighted by atomic mass is 35.5. The predicted octanol–water partition coefficient (Wildman–Crippen LogP) is 1.83. The molecule has 84 valence electrons. The topological polar surface area (TPSA) is 38.1 Å². The Balaban J connectivity index is 2.66. The molecule has 1 aromatic heterocycles. The van der Waals surface area contributed by atoms with Crippen LogP contribution in [0, 0.1) is 0 Å². The number of hydrogen-bond donors (Lipinski definition) is 0. The maximum absolute atomic E-state index is 11.5. The molecule has 0 N–H and O–H groups in total. The summed E-state index contributed by atoms with van der Waals surface area (Å²) in [5, 5.41) is 4.63. The van der Waals surface area contributed by atoms with Gasteiger partial charge >= 0.3 is 0 Å². The minimum absolute atomic E-state index is 0.134. The van der Waals surface area contributed by atoms with E-state index in [4.69, 9.17) is 11.6 Å². The van der Waals surface area contributed by atoms with Crippen LogP contribution >= 0.6 is 11.6 Å². The molecule has 0 saturated carbocycles. The molecule has 0 aliphatic heterocycles. The van der Waals surface area contributed by atoms with Gasteiger partial charge < -0.3 is 4.90 Å². The summed E-state index contributed by atoms with van der Waals surface area (Å²) in [6.07, 6.45) is 3.03. The molecule has 0 aliphatic rings. The van der Waals surface area contributed by atoms with E-state index in [0.717, 1.165) is 12.1 Å². The lowest BCUT2D eigenvalue weighted by Crippen LogP contribution is -2.26. The third-order valence-electron chi connectivity index (χ3n) is 2.29. The number of rotatable bonds is 4. The van der Waals surface area contributed by atoms with Gasteiger partial charge in [-0.05, 0) is 6.42 Å². The molecule has 0 atom stereocenters. The van der Waals surface area contributed by atoms with Crippen molar-refractivity contribution in [2.45, 2.75) is 26.3 Å².